The van der Waals surface area contributed by atoms with Crippen molar-refractivity contribution in [1.82, 2.24) is 19.5 Å². The average Bonchev–Trinajstić information content (AvgIpc) is 2.87. The SMILES string of the molecule is CCOP(C)(=O)C[C@]12C[C@@H]1[C@@H](n1cnc3c(Cl)ncnc31)[C@@H]1OC(C)(C)O[C@@H]12. The topological polar surface area (TPSA) is 88.4 Å². The molecule has 2 aromatic rings. The Morgan fingerprint density at radius 1 is 1.36 bits per heavy atom. The highest BCUT2D eigenvalue weighted by Gasteiger charge is 2.76. The van der Waals surface area contributed by atoms with E-state index in [0.29, 0.717) is 29.1 Å². The highest BCUT2D eigenvalue weighted by Crippen LogP contribution is 2.75. The van der Waals surface area contributed by atoms with Gasteiger partial charge in [0.25, 0.3) is 0 Å². The van der Waals surface area contributed by atoms with Crippen LogP contribution in [0.4, 0.5) is 0 Å². The zero-order chi connectivity index (χ0) is 19.9. The Morgan fingerprint density at radius 3 is 2.89 bits per heavy atom. The van der Waals surface area contributed by atoms with E-state index in [1.54, 1.807) is 13.0 Å². The summed E-state index contributed by atoms with van der Waals surface area (Å²) < 4.78 is 33.3. The minimum atomic E-state index is -2.72. The second-order valence-corrected chi connectivity index (χ2v) is 11.6. The number of hydrogen-bond donors (Lipinski definition) is 0. The van der Waals surface area contributed by atoms with Gasteiger partial charge in [-0.2, -0.15) is 0 Å². The Bertz CT molecular complexity index is 997. The standard InChI is InChI=1S/C18H24ClN4O4P/c1-5-25-28(4,24)7-18-6-10(18)12(13-14(18)27-17(2,3)26-13)23-9-22-11-15(19)20-8-21-16(11)23/h8-10,12-14H,5-7H2,1-4H3/t10-,12-,13+,14+,18-,28?/m1/s1. The van der Waals surface area contributed by atoms with Crippen molar-refractivity contribution in [3.05, 3.63) is 17.8 Å². The van der Waals surface area contributed by atoms with Crippen LogP contribution >= 0.6 is 19.0 Å². The molecular formula is C18H24ClN4O4P. The summed E-state index contributed by atoms with van der Waals surface area (Å²) in [6.07, 6.45) is 4.31. The van der Waals surface area contributed by atoms with Crippen molar-refractivity contribution in [3.8, 4) is 0 Å². The molecule has 0 N–H and O–H groups in total. The smallest absolute Gasteiger partial charge is 0.200 e. The fraction of sp³-hybridized carbons (Fsp3) is 0.722. The summed E-state index contributed by atoms with van der Waals surface area (Å²) >= 11 is 6.19. The first kappa shape index (κ1) is 18.9. The van der Waals surface area contributed by atoms with Gasteiger partial charge in [0.05, 0.1) is 25.1 Å². The summed E-state index contributed by atoms with van der Waals surface area (Å²) in [4.78, 5) is 12.8. The zero-order valence-corrected chi connectivity index (χ0v) is 18.0. The van der Waals surface area contributed by atoms with E-state index in [4.69, 9.17) is 25.6 Å². The third-order valence-electron chi connectivity index (χ3n) is 6.24. The molecule has 152 valence electrons. The number of halogens is 1. The highest BCUT2D eigenvalue weighted by atomic mass is 35.5. The summed E-state index contributed by atoms with van der Waals surface area (Å²) in [5.74, 6) is -0.431. The molecule has 0 spiro atoms. The minimum absolute atomic E-state index is 0.00984. The van der Waals surface area contributed by atoms with Crippen LogP contribution in [0, 0.1) is 11.3 Å². The number of hydrogen-bond acceptors (Lipinski definition) is 7. The Balaban J connectivity index is 1.57. The maximum atomic E-state index is 13.0. The van der Waals surface area contributed by atoms with Crippen LogP contribution in [-0.4, -0.2) is 56.9 Å². The molecule has 1 saturated heterocycles. The van der Waals surface area contributed by atoms with Gasteiger partial charge in [0, 0.05) is 18.2 Å². The van der Waals surface area contributed by atoms with E-state index in [1.807, 2.05) is 25.3 Å². The van der Waals surface area contributed by atoms with Crippen molar-refractivity contribution >= 4 is 30.1 Å². The summed E-state index contributed by atoms with van der Waals surface area (Å²) in [5.41, 5.74) is 1.05. The van der Waals surface area contributed by atoms with Crippen molar-refractivity contribution in [2.24, 2.45) is 11.3 Å². The number of rotatable bonds is 5. The zero-order valence-electron chi connectivity index (χ0n) is 16.3. The number of aromatic nitrogens is 4. The third kappa shape index (κ3) is 2.69. The lowest BCUT2D eigenvalue weighted by atomic mass is 10.0. The normalized spacial score (nSPS) is 37.6. The maximum Gasteiger partial charge on any atom is 0.200 e. The molecule has 2 aliphatic carbocycles. The van der Waals surface area contributed by atoms with E-state index in [1.165, 1.54) is 6.33 Å². The fourth-order valence-corrected chi connectivity index (χ4v) is 7.80. The molecule has 1 unspecified atom stereocenters. The van der Waals surface area contributed by atoms with Crippen LogP contribution in [-0.2, 0) is 18.6 Å². The second-order valence-electron chi connectivity index (χ2n) is 8.63. The first-order valence-electron chi connectivity index (χ1n) is 9.57. The van der Waals surface area contributed by atoms with Gasteiger partial charge in [0.2, 0.25) is 7.37 Å². The molecule has 8 nitrogen and oxygen atoms in total. The van der Waals surface area contributed by atoms with Crippen LogP contribution in [0.25, 0.3) is 11.2 Å². The molecule has 6 atom stereocenters. The van der Waals surface area contributed by atoms with Gasteiger partial charge in [0.15, 0.2) is 16.6 Å². The number of nitrogens with zero attached hydrogens (tertiary/aromatic N) is 4. The average molecular weight is 427 g/mol. The maximum absolute atomic E-state index is 13.0. The van der Waals surface area contributed by atoms with Crippen molar-refractivity contribution < 1.29 is 18.6 Å². The van der Waals surface area contributed by atoms with E-state index in [2.05, 4.69) is 15.0 Å². The first-order valence-corrected chi connectivity index (χ1v) is 12.2. The Kier molecular flexibility index (Phi) is 4.05. The Hall–Kier alpha value is -1.05. The molecule has 1 aliphatic heterocycles. The van der Waals surface area contributed by atoms with Gasteiger partial charge < -0.3 is 18.6 Å². The minimum Gasteiger partial charge on any atom is -0.344 e. The first-order chi connectivity index (χ1) is 13.2. The van der Waals surface area contributed by atoms with Crippen LogP contribution in [0.15, 0.2) is 12.7 Å². The molecule has 3 aliphatic rings. The molecule has 0 radical (unpaired) electrons. The molecular weight excluding hydrogens is 403 g/mol. The fourth-order valence-electron chi connectivity index (χ4n) is 5.37. The summed E-state index contributed by atoms with van der Waals surface area (Å²) in [6.45, 7) is 7.89. The molecule has 0 aromatic carbocycles. The quantitative estimate of drug-likeness (QED) is 0.534. The van der Waals surface area contributed by atoms with Gasteiger partial charge in [-0.05, 0) is 33.1 Å². The van der Waals surface area contributed by atoms with Crippen LogP contribution in [0.5, 0.6) is 0 Å². The lowest BCUT2D eigenvalue weighted by Gasteiger charge is -2.25. The van der Waals surface area contributed by atoms with Crippen LogP contribution in [0.1, 0.15) is 33.2 Å². The third-order valence-corrected chi connectivity index (χ3v) is 8.49. The highest BCUT2D eigenvalue weighted by molar-refractivity contribution is 7.58. The predicted octanol–water partition coefficient (Wildman–Crippen LogP) is 3.51. The van der Waals surface area contributed by atoms with Crippen molar-refractivity contribution in [3.63, 3.8) is 0 Å². The van der Waals surface area contributed by atoms with Gasteiger partial charge >= 0.3 is 0 Å². The molecule has 3 heterocycles. The lowest BCUT2D eigenvalue weighted by Crippen LogP contribution is -2.33. The molecule has 28 heavy (non-hydrogen) atoms. The number of fused-ring (bicyclic) bond motifs is 4. The van der Waals surface area contributed by atoms with E-state index in [0.717, 1.165) is 6.42 Å². The molecule has 0 bridgehead atoms. The van der Waals surface area contributed by atoms with Gasteiger partial charge in [-0.25, -0.2) is 15.0 Å². The molecule has 2 aromatic heterocycles. The Morgan fingerprint density at radius 2 is 2.14 bits per heavy atom. The molecule has 10 heteroatoms. The number of ether oxygens (including phenoxy) is 2. The summed E-state index contributed by atoms with van der Waals surface area (Å²) in [7, 11) is -2.72. The monoisotopic (exact) mass is 426 g/mol. The van der Waals surface area contributed by atoms with Crippen molar-refractivity contribution in [2.45, 2.75) is 51.2 Å². The number of imidazole rings is 1. The molecule has 3 fully saturated rings. The van der Waals surface area contributed by atoms with Gasteiger partial charge in [-0.1, -0.05) is 11.6 Å². The van der Waals surface area contributed by atoms with Crippen LogP contribution in [0.3, 0.4) is 0 Å². The van der Waals surface area contributed by atoms with E-state index >= 15 is 0 Å². The van der Waals surface area contributed by atoms with Crippen molar-refractivity contribution in [2.75, 3.05) is 19.4 Å². The van der Waals surface area contributed by atoms with Gasteiger partial charge in [-0.15, -0.1) is 0 Å². The second kappa shape index (κ2) is 5.99. The summed E-state index contributed by atoms with van der Waals surface area (Å²) in [6, 6.07) is -0.00984. The Labute approximate surface area is 168 Å². The largest absolute Gasteiger partial charge is 0.344 e. The molecule has 5 rings (SSSR count). The summed E-state index contributed by atoms with van der Waals surface area (Å²) in [5, 5.41) is 0.332. The van der Waals surface area contributed by atoms with E-state index in [9.17, 15) is 4.57 Å². The predicted molar refractivity (Wildman–Crippen MR) is 104 cm³/mol. The van der Waals surface area contributed by atoms with Gasteiger partial charge in [0.1, 0.15) is 17.9 Å². The van der Waals surface area contributed by atoms with E-state index in [-0.39, 0.29) is 29.6 Å². The molecule has 2 saturated carbocycles. The van der Waals surface area contributed by atoms with Crippen molar-refractivity contribution in [1.29, 1.82) is 0 Å². The van der Waals surface area contributed by atoms with Crippen LogP contribution in [0.2, 0.25) is 5.15 Å². The van der Waals surface area contributed by atoms with Gasteiger partial charge in [-0.3, -0.25) is 4.57 Å². The molecule has 0 amide bonds. The van der Waals surface area contributed by atoms with E-state index < -0.39 is 13.2 Å². The lowest BCUT2D eigenvalue weighted by molar-refractivity contribution is -0.160. The van der Waals surface area contributed by atoms with Crippen LogP contribution < -0.4 is 0 Å².